The fourth-order valence-electron chi connectivity index (χ4n) is 3.55. The Morgan fingerprint density at radius 2 is 1.76 bits per heavy atom. The SMILES string of the molecule is O=C(c1cccc(Cn2cc(Br)cn2)c1)N1CCN(Cc2ccc(F)cc2)CC1. The molecule has 0 bridgehead atoms. The molecule has 1 aliphatic rings. The number of nitrogens with zero attached hydrogens (tertiary/aromatic N) is 4. The van der Waals surface area contributed by atoms with Gasteiger partial charge in [-0.05, 0) is 51.3 Å². The van der Waals surface area contributed by atoms with Gasteiger partial charge < -0.3 is 4.90 Å². The molecule has 0 saturated carbocycles. The first kappa shape index (κ1) is 19.8. The minimum absolute atomic E-state index is 0.0647. The summed E-state index contributed by atoms with van der Waals surface area (Å²) < 4.78 is 15.8. The van der Waals surface area contributed by atoms with Gasteiger partial charge in [0.2, 0.25) is 0 Å². The van der Waals surface area contributed by atoms with Crippen molar-refractivity contribution < 1.29 is 9.18 Å². The molecule has 0 radical (unpaired) electrons. The van der Waals surface area contributed by atoms with Gasteiger partial charge in [-0.25, -0.2) is 4.39 Å². The van der Waals surface area contributed by atoms with Gasteiger partial charge in [0.05, 0.1) is 17.2 Å². The first-order valence-corrected chi connectivity index (χ1v) is 10.4. The number of benzene rings is 2. The van der Waals surface area contributed by atoms with Crippen LogP contribution < -0.4 is 0 Å². The predicted molar refractivity (Wildman–Crippen MR) is 113 cm³/mol. The van der Waals surface area contributed by atoms with Gasteiger partial charge in [-0.3, -0.25) is 14.4 Å². The number of piperazine rings is 1. The number of aromatic nitrogens is 2. The fourth-order valence-corrected chi connectivity index (χ4v) is 3.88. The largest absolute Gasteiger partial charge is 0.336 e. The first-order chi connectivity index (χ1) is 14.1. The molecule has 150 valence electrons. The molecule has 5 nitrogen and oxygen atoms in total. The third-order valence-corrected chi connectivity index (χ3v) is 5.51. The van der Waals surface area contributed by atoms with Crippen LogP contribution in [0.2, 0.25) is 0 Å². The van der Waals surface area contributed by atoms with Crippen LogP contribution in [-0.2, 0) is 13.1 Å². The third-order valence-electron chi connectivity index (χ3n) is 5.10. The molecule has 7 heteroatoms. The van der Waals surface area contributed by atoms with Crippen molar-refractivity contribution in [3.8, 4) is 0 Å². The number of carbonyl (C=O) groups excluding carboxylic acids is 1. The van der Waals surface area contributed by atoms with E-state index in [0.717, 1.165) is 35.2 Å². The lowest BCUT2D eigenvalue weighted by Crippen LogP contribution is -2.48. The maximum absolute atomic E-state index is 13.1. The highest BCUT2D eigenvalue weighted by Gasteiger charge is 2.22. The lowest BCUT2D eigenvalue weighted by molar-refractivity contribution is 0.0628. The molecule has 1 aliphatic heterocycles. The molecule has 0 unspecified atom stereocenters. The van der Waals surface area contributed by atoms with Crippen LogP contribution in [0.1, 0.15) is 21.5 Å². The Balaban J connectivity index is 1.34. The smallest absolute Gasteiger partial charge is 0.253 e. The van der Waals surface area contributed by atoms with E-state index in [-0.39, 0.29) is 11.7 Å². The zero-order valence-corrected chi connectivity index (χ0v) is 17.6. The molecule has 0 atom stereocenters. The van der Waals surface area contributed by atoms with E-state index in [9.17, 15) is 9.18 Å². The molecule has 0 N–H and O–H groups in total. The summed E-state index contributed by atoms with van der Waals surface area (Å²) in [4.78, 5) is 17.1. The number of hydrogen-bond acceptors (Lipinski definition) is 3. The highest BCUT2D eigenvalue weighted by Crippen LogP contribution is 2.15. The summed E-state index contributed by atoms with van der Waals surface area (Å²) in [6, 6.07) is 14.4. The van der Waals surface area contributed by atoms with Crippen LogP contribution in [0, 0.1) is 5.82 Å². The Bertz CT molecular complexity index is 980. The van der Waals surface area contributed by atoms with Crippen molar-refractivity contribution in [3.63, 3.8) is 0 Å². The second-order valence-electron chi connectivity index (χ2n) is 7.25. The summed E-state index contributed by atoms with van der Waals surface area (Å²) in [7, 11) is 0. The predicted octanol–water partition coefficient (Wildman–Crippen LogP) is 3.79. The van der Waals surface area contributed by atoms with E-state index in [4.69, 9.17) is 0 Å². The number of halogens is 2. The van der Waals surface area contributed by atoms with E-state index >= 15 is 0 Å². The van der Waals surface area contributed by atoms with Crippen LogP contribution in [0.4, 0.5) is 4.39 Å². The van der Waals surface area contributed by atoms with E-state index in [1.807, 2.05) is 52.2 Å². The molecule has 0 aliphatic carbocycles. The van der Waals surface area contributed by atoms with Gasteiger partial charge in [0.15, 0.2) is 0 Å². The van der Waals surface area contributed by atoms with Crippen LogP contribution in [0.3, 0.4) is 0 Å². The normalized spacial score (nSPS) is 14.9. The fraction of sp³-hybridized carbons (Fsp3) is 0.273. The standard InChI is InChI=1S/C22H22BrFN4O/c23-20-13-25-28(16-20)15-18-2-1-3-19(12-18)22(29)27-10-8-26(9-11-27)14-17-4-6-21(24)7-5-17/h1-7,12-13,16H,8-11,14-15H2. The van der Waals surface area contributed by atoms with Crippen molar-refractivity contribution >= 4 is 21.8 Å². The summed E-state index contributed by atoms with van der Waals surface area (Å²) in [5.74, 6) is -0.151. The number of amides is 1. The lowest BCUT2D eigenvalue weighted by Gasteiger charge is -2.34. The molecule has 29 heavy (non-hydrogen) atoms. The van der Waals surface area contributed by atoms with Crippen LogP contribution in [-0.4, -0.2) is 51.7 Å². The zero-order valence-electron chi connectivity index (χ0n) is 16.0. The molecule has 0 spiro atoms. The Morgan fingerprint density at radius 1 is 1.00 bits per heavy atom. The minimum atomic E-state index is -0.216. The molecule has 4 rings (SSSR count). The molecule has 1 aromatic heterocycles. The van der Waals surface area contributed by atoms with Crippen molar-refractivity contribution in [2.45, 2.75) is 13.1 Å². The quantitative estimate of drug-likeness (QED) is 0.586. The molecule has 1 fully saturated rings. The van der Waals surface area contributed by atoms with E-state index in [2.05, 4.69) is 25.9 Å². The van der Waals surface area contributed by atoms with Gasteiger partial charge in [-0.15, -0.1) is 0 Å². The van der Waals surface area contributed by atoms with Gasteiger partial charge in [0.25, 0.3) is 5.91 Å². The van der Waals surface area contributed by atoms with Gasteiger partial charge in [-0.2, -0.15) is 5.10 Å². The average molecular weight is 457 g/mol. The Kier molecular flexibility index (Phi) is 6.06. The molecular weight excluding hydrogens is 435 g/mol. The Labute approximate surface area is 177 Å². The first-order valence-electron chi connectivity index (χ1n) is 9.60. The zero-order chi connectivity index (χ0) is 20.2. The molecular formula is C22H22BrFN4O. The van der Waals surface area contributed by atoms with Crippen molar-refractivity contribution in [2.75, 3.05) is 26.2 Å². The monoisotopic (exact) mass is 456 g/mol. The van der Waals surface area contributed by atoms with Gasteiger partial charge >= 0.3 is 0 Å². The summed E-state index contributed by atoms with van der Waals surface area (Å²) in [6.07, 6.45) is 3.66. The van der Waals surface area contributed by atoms with Crippen molar-refractivity contribution in [1.82, 2.24) is 19.6 Å². The van der Waals surface area contributed by atoms with E-state index in [0.29, 0.717) is 25.2 Å². The average Bonchev–Trinajstić information content (AvgIpc) is 3.14. The van der Waals surface area contributed by atoms with Crippen molar-refractivity contribution in [2.24, 2.45) is 0 Å². The third kappa shape index (κ3) is 5.10. The molecule has 3 aromatic rings. The second kappa shape index (κ2) is 8.88. The van der Waals surface area contributed by atoms with Gasteiger partial charge in [0.1, 0.15) is 5.82 Å². The molecule has 1 amide bonds. The van der Waals surface area contributed by atoms with Crippen molar-refractivity contribution in [3.05, 3.63) is 87.9 Å². The highest BCUT2D eigenvalue weighted by molar-refractivity contribution is 9.10. The van der Waals surface area contributed by atoms with E-state index in [1.165, 1.54) is 12.1 Å². The van der Waals surface area contributed by atoms with Gasteiger partial charge in [-0.1, -0.05) is 24.3 Å². The minimum Gasteiger partial charge on any atom is -0.336 e. The summed E-state index contributed by atoms with van der Waals surface area (Å²) in [5.41, 5.74) is 2.84. The van der Waals surface area contributed by atoms with Gasteiger partial charge in [0, 0.05) is 44.5 Å². The lowest BCUT2D eigenvalue weighted by atomic mass is 10.1. The second-order valence-corrected chi connectivity index (χ2v) is 8.17. The number of rotatable bonds is 5. The molecule has 2 aromatic carbocycles. The summed E-state index contributed by atoms with van der Waals surface area (Å²) in [6.45, 7) is 4.40. The molecule has 2 heterocycles. The van der Waals surface area contributed by atoms with Crippen LogP contribution >= 0.6 is 15.9 Å². The van der Waals surface area contributed by atoms with E-state index < -0.39 is 0 Å². The van der Waals surface area contributed by atoms with Crippen molar-refractivity contribution in [1.29, 1.82) is 0 Å². The van der Waals surface area contributed by atoms with E-state index in [1.54, 1.807) is 6.20 Å². The maximum atomic E-state index is 13.1. The number of carbonyl (C=O) groups is 1. The summed E-state index contributed by atoms with van der Waals surface area (Å²) >= 11 is 3.40. The Morgan fingerprint density at radius 3 is 2.45 bits per heavy atom. The molecule has 1 saturated heterocycles. The highest BCUT2D eigenvalue weighted by atomic mass is 79.9. The number of hydrogen-bond donors (Lipinski definition) is 0. The topological polar surface area (TPSA) is 41.4 Å². The Hall–Kier alpha value is -2.51. The summed E-state index contributed by atoms with van der Waals surface area (Å²) in [5, 5.41) is 4.27. The van der Waals surface area contributed by atoms with Crippen LogP contribution in [0.5, 0.6) is 0 Å². The maximum Gasteiger partial charge on any atom is 0.253 e. The van der Waals surface area contributed by atoms with Crippen LogP contribution in [0.25, 0.3) is 0 Å². The van der Waals surface area contributed by atoms with Crippen LogP contribution in [0.15, 0.2) is 65.4 Å².